The molecule has 2 aromatic rings. The molecule has 0 aliphatic rings. The van der Waals surface area contributed by atoms with Crippen LogP contribution < -0.4 is 9.47 Å². The van der Waals surface area contributed by atoms with Crippen LogP contribution in [0.25, 0.3) is 0 Å². The quantitative estimate of drug-likeness (QED) is 0.732. The van der Waals surface area contributed by atoms with Crippen LogP contribution in [0, 0.1) is 6.92 Å². The summed E-state index contributed by atoms with van der Waals surface area (Å²) in [5.41, 5.74) is 4.53. The zero-order valence-electron chi connectivity index (χ0n) is 16.8. The molecule has 0 heterocycles. The van der Waals surface area contributed by atoms with Crippen molar-refractivity contribution >= 4 is 0 Å². The highest BCUT2D eigenvalue weighted by atomic mass is 16.5. The van der Waals surface area contributed by atoms with Crippen molar-refractivity contribution in [3.8, 4) is 17.2 Å². The number of nitrogens with zero attached hydrogens (tertiary/aromatic N) is 1. The maximum absolute atomic E-state index is 10.3. The summed E-state index contributed by atoms with van der Waals surface area (Å²) in [4.78, 5) is 2.18. The molecule has 1 N–H and O–H groups in total. The van der Waals surface area contributed by atoms with Gasteiger partial charge in [-0.05, 0) is 61.7 Å². The maximum atomic E-state index is 10.3. The van der Waals surface area contributed by atoms with Gasteiger partial charge in [0, 0.05) is 18.7 Å². The van der Waals surface area contributed by atoms with E-state index in [1.807, 2.05) is 25.1 Å². The predicted octanol–water partition coefficient (Wildman–Crippen LogP) is 4.86. The first-order valence-electron chi connectivity index (χ1n) is 9.16. The fourth-order valence-electron chi connectivity index (χ4n) is 3.25. The molecule has 0 atom stereocenters. The standard InChI is InChI=1S/C22H31NO3/c1-7-26-21-9-8-17(11-22(21)25-6)13-23(5)14-18-12-19(15(2)3)16(4)10-20(18)24/h8-12,15,24H,7,13-14H2,1-6H3. The highest BCUT2D eigenvalue weighted by Crippen LogP contribution is 2.30. The first-order valence-corrected chi connectivity index (χ1v) is 9.16. The Kier molecular flexibility index (Phi) is 6.92. The number of rotatable bonds is 8. The van der Waals surface area contributed by atoms with E-state index in [4.69, 9.17) is 9.47 Å². The molecule has 0 aliphatic heterocycles. The SMILES string of the molecule is CCOc1ccc(CN(C)Cc2cc(C(C)C)c(C)cc2O)cc1OC. The van der Waals surface area contributed by atoms with Crippen LogP contribution >= 0.6 is 0 Å². The van der Waals surface area contributed by atoms with E-state index >= 15 is 0 Å². The van der Waals surface area contributed by atoms with Crippen LogP contribution in [-0.2, 0) is 13.1 Å². The fraction of sp³-hybridized carbons (Fsp3) is 0.455. The fourth-order valence-corrected chi connectivity index (χ4v) is 3.25. The van der Waals surface area contributed by atoms with Gasteiger partial charge < -0.3 is 14.6 Å². The molecule has 0 fully saturated rings. The van der Waals surface area contributed by atoms with Crippen LogP contribution in [0.2, 0.25) is 0 Å². The maximum Gasteiger partial charge on any atom is 0.161 e. The lowest BCUT2D eigenvalue weighted by molar-refractivity contribution is 0.303. The molecule has 2 aromatic carbocycles. The van der Waals surface area contributed by atoms with E-state index in [1.165, 1.54) is 5.56 Å². The van der Waals surface area contributed by atoms with Gasteiger partial charge in [-0.15, -0.1) is 0 Å². The van der Waals surface area contributed by atoms with Crippen LogP contribution in [0.5, 0.6) is 17.2 Å². The lowest BCUT2D eigenvalue weighted by Gasteiger charge is -2.20. The van der Waals surface area contributed by atoms with Gasteiger partial charge in [0.05, 0.1) is 13.7 Å². The van der Waals surface area contributed by atoms with Gasteiger partial charge in [0.2, 0.25) is 0 Å². The van der Waals surface area contributed by atoms with Crippen molar-refractivity contribution in [1.82, 2.24) is 4.90 Å². The van der Waals surface area contributed by atoms with Gasteiger partial charge in [0.25, 0.3) is 0 Å². The monoisotopic (exact) mass is 357 g/mol. The lowest BCUT2D eigenvalue weighted by atomic mass is 9.95. The van der Waals surface area contributed by atoms with Crippen molar-refractivity contribution in [2.75, 3.05) is 20.8 Å². The van der Waals surface area contributed by atoms with Crippen molar-refractivity contribution in [1.29, 1.82) is 0 Å². The number of ether oxygens (including phenoxy) is 2. The Labute approximate surface area is 157 Å². The minimum Gasteiger partial charge on any atom is -0.508 e. The van der Waals surface area contributed by atoms with Crippen LogP contribution in [0.1, 0.15) is 48.9 Å². The van der Waals surface area contributed by atoms with Gasteiger partial charge in [-0.25, -0.2) is 0 Å². The van der Waals surface area contributed by atoms with E-state index in [2.05, 4.69) is 44.9 Å². The highest BCUT2D eigenvalue weighted by Gasteiger charge is 2.12. The van der Waals surface area contributed by atoms with Crippen molar-refractivity contribution in [2.45, 2.75) is 46.7 Å². The second-order valence-corrected chi connectivity index (χ2v) is 7.08. The number of phenols is 1. The molecule has 0 amide bonds. The Hall–Kier alpha value is -2.20. The molecule has 4 heteroatoms. The number of phenolic OH excluding ortho intramolecular Hbond substituents is 1. The van der Waals surface area contributed by atoms with E-state index < -0.39 is 0 Å². The Morgan fingerprint density at radius 3 is 2.42 bits per heavy atom. The Morgan fingerprint density at radius 2 is 1.81 bits per heavy atom. The molecule has 0 bridgehead atoms. The van der Waals surface area contributed by atoms with Gasteiger partial charge in [0.15, 0.2) is 11.5 Å². The summed E-state index contributed by atoms with van der Waals surface area (Å²) in [7, 11) is 3.71. The molecule has 0 radical (unpaired) electrons. The highest BCUT2D eigenvalue weighted by molar-refractivity contribution is 5.44. The summed E-state index contributed by atoms with van der Waals surface area (Å²) in [6, 6.07) is 10.0. The number of hydrogen-bond acceptors (Lipinski definition) is 4. The minimum atomic E-state index is 0.364. The second kappa shape index (κ2) is 8.95. The first kappa shape index (κ1) is 20.1. The van der Waals surface area contributed by atoms with Gasteiger partial charge in [0.1, 0.15) is 5.75 Å². The number of aryl methyl sites for hydroxylation is 1. The topological polar surface area (TPSA) is 41.9 Å². The minimum absolute atomic E-state index is 0.364. The molecule has 0 saturated heterocycles. The third kappa shape index (κ3) is 4.92. The van der Waals surface area contributed by atoms with Crippen LogP contribution in [0.15, 0.2) is 30.3 Å². The van der Waals surface area contributed by atoms with Gasteiger partial charge >= 0.3 is 0 Å². The van der Waals surface area contributed by atoms with Crippen LogP contribution in [0.3, 0.4) is 0 Å². The largest absolute Gasteiger partial charge is 0.508 e. The van der Waals surface area contributed by atoms with E-state index in [0.29, 0.717) is 24.8 Å². The number of methoxy groups -OCH3 is 1. The molecule has 0 unspecified atom stereocenters. The summed E-state index contributed by atoms with van der Waals surface area (Å²) in [5, 5.41) is 10.3. The van der Waals surface area contributed by atoms with E-state index in [9.17, 15) is 5.11 Å². The first-order chi connectivity index (χ1) is 12.3. The molecule has 0 aromatic heterocycles. The summed E-state index contributed by atoms with van der Waals surface area (Å²) in [6.07, 6.45) is 0. The predicted molar refractivity (Wildman–Crippen MR) is 106 cm³/mol. The number of aromatic hydroxyl groups is 1. The Bertz CT molecular complexity index is 740. The van der Waals surface area contributed by atoms with Gasteiger partial charge in [-0.2, -0.15) is 0 Å². The summed E-state index contributed by atoms with van der Waals surface area (Å²) in [6.45, 7) is 10.4. The third-order valence-corrected chi connectivity index (χ3v) is 4.51. The molecular formula is C22H31NO3. The number of hydrogen-bond donors (Lipinski definition) is 1. The summed E-state index contributed by atoms with van der Waals surface area (Å²) < 4.78 is 11.0. The number of benzene rings is 2. The van der Waals surface area contributed by atoms with Crippen molar-refractivity contribution < 1.29 is 14.6 Å². The van der Waals surface area contributed by atoms with E-state index in [1.54, 1.807) is 7.11 Å². The molecule has 0 aliphatic carbocycles. The molecule has 26 heavy (non-hydrogen) atoms. The average Bonchev–Trinajstić information content (AvgIpc) is 2.58. The summed E-state index contributed by atoms with van der Waals surface area (Å²) >= 11 is 0. The molecule has 2 rings (SSSR count). The molecule has 0 saturated carbocycles. The zero-order chi connectivity index (χ0) is 19.3. The van der Waals surface area contributed by atoms with Gasteiger partial charge in [-0.3, -0.25) is 4.90 Å². The van der Waals surface area contributed by atoms with E-state index in [0.717, 1.165) is 34.7 Å². The smallest absolute Gasteiger partial charge is 0.161 e. The molecule has 0 spiro atoms. The van der Waals surface area contributed by atoms with Crippen molar-refractivity contribution in [2.24, 2.45) is 0 Å². The summed E-state index contributed by atoms with van der Waals surface area (Å²) in [5.74, 6) is 2.32. The van der Waals surface area contributed by atoms with Crippen molar-refractivity contribution in [3.05, 3.63) is 52.6 Å². The van der Waals surface area contributed by atoms with Crippen LogP contribution in [0.4, 0.5) is 0 Å². The van der Waals surface area contributed by atoms with Crippen LogP contribution in [-0.4, -0.2) is 30.8 Å². The normalized spacial score (nSPS) is 11.2. The molecule has 142 valence electrons. The zero-order valence-corrected chi connectivity index (χ0v) is 16.8. The van der Waals surface area contributed by atoms with Gasteiger partial charge in [-0.1, -0.05) is 26.0 Å². The third-order valence-electron chi connectivity index (χ3n) is 4.51. The van der Waals surface area contributed by atoms with Crippen molar-refractivity contribution in [3.63, 3.8) is 0 Å². The molecular weight excluding hydrogens is 326 g/mol. The second-order valence-electron chi connectivity index (χ2n) is 7.08. The Balaban J connectivity index is 2.14. The lowest BCUT2D eigenvalue weighted by Crippen LogP contribution is -2.17. The van der Waals surface area contributed by atoms with E-state index in [-0.39, 0.29) is 0 Å². The molecule has 4 nitrogen and oxygen atoms in total. The average molecular weight is 357 g/mol. The Morgan fingerprint density at radius 1 is 1.08 bits per heavy atom.